The molecule has 0 radical (unpaired) electrons. The van der Waals surface area contributed by atoms with E-state index < -0.39 is 0 Å². The van der Waals surface area contributed by atoms with E-state index in [1.165, 1.54) is 37.2 Å². The molecule has 0 spiro atoms. The molecule has 0 aromatic carbocycles. The van der Waals surface area contributed by atoms with Gasteiger partial charge in [-0.2, -0.15) is 5.10 Å². The summed E-state index contributed by atoms with van der Waals surface area (Å²) >= 11 is 8.22. The predicted octanol–water partition coefficient (Wildman–Crippen LogP) is 3.19. The molecule has 5 heterocycles. The van der Waals surface area contributed by atoms with Crippen molar-refractivity contribution in [1.82, 2.24) is 24.6 Å². The fraction of sp³-hybridized carbons (Fsp3) is 0.667. The number of thiazole rings is 1. The van der Waals surface area contributed by atoms with Crippen LogP contribution >= 0.6 is 22.9 Å². The SMILES string of the molecule is CCc1nn(C)c(Cl)c1CN1C[C@H]2CC[C@@H]1CN(Cc1cscn1)C2. The fourth-order valence-electron chi connectivity index (χ4n) is 4.39. The molecule has 2 atom stereocenters. The van der Waals surface area contributed by atoms with Crippen molar-refractivity contribution in [3.05, 3.63) is 33.0 Å². The molecule has 3 saturated heterocycles. The van der Waals surface area contributed by atoms with E-state index in [2.05, 4.69) is 32.2 Å². The van der Waals surface area contributed by atoms with E-state index in [1.54, 1.807) is 11.3 Å². The van der Waals surface area contributed by atoms with Crippen LogP contribution in [0.5, 0.6) is 0 Å². The van der Waals surface area contributed by atoms with Gasteiger partial charge in [-0.15, -0.1) is 11.3 Å². The van der Waals surface area contributed by atoms with Crippen molar-refractivity contribution in [3.8, 4) is 0 Å². The summed E-state index contributed by atoms with van der Waals surface area (Å²) < 4.78 is 1.82. The van der Waals surface area contributed by atoms with Crippen LogP contribution in [0.25, 0.3) is 0 Å². The Balaban J connectivity index is 1.49. The largest absolute Gasteiger partial charge is 0.296 e. The number of piperidine rings is 1. The number of nitrogens with zero attached hydrogens (tertiary/aromatic N) is 5. The molecule has 0 unspecified atom stereocenters. The minimum absolute atomic E-state index is 0.610. The first-order valence-corrected chi connectivity index (χ1v) is 10.5. The number of hydrogen-bond donors (Lipinski definition) is 0. The van der Waals surface area contributed by atoms with E-state index in [4.69, 9.17) is 11.6 Å². The third-order valence-electron chi connectivity index (χ3n) is 5.62. The molecule has 2 aromatic heterocycles. The summed E-state index contributed by atoms with van der Waals surface area (Å²) in [4.78, 5) is 9.72. The van der Waals surface area contributed by atoms with Crippen LogP contribution in [-0.2, 0) is 26.6 Å². The molecule has 0 amide bonds. The number of rotatable bonds is 5. The summed E-state index contributed by atoms with van der Waals surface area (Å²) in [5.74, 6) is 0.748. The van der Waals surface area contributed by atoms with Gasteiger partial charge in [-0.3, -0.25) is 14.5 Å². The Hall–Kier alpha value is -0.950. The Morgan fingerprint density at radius 1 is 1.24 bits per heavy atom. The second kappa shape index (κ2) is 7.35. The van der Waals surface area contributed by atoms with Gasteiger partial charge in [-0.25, -0.2) is 4.98 Å². The number of aryl methyl sites for hydroxylation is 2. The van der Waals surface area contributed by atoms with E-state index in [9.17, 15) is 0 Å². The minimum atomic E-state index is 0.610. The highest BCUT2D eigenvalue weighted by Crippen LogP contribution is 2.32. The monoisotopic (exact) mass is 379 g/mol. The van der Waals surface area contributed by atoms with Crippen molar-refractivity contribution in [3.63, 3.8) is 0 Å². The summed E-state index contributed by atoms with van der Waals surface area (Å²) in [7, 11) is 1.94. The van der Waals surface area contributed by atoms with Crippen LogP contribution in [0.2, 0.25) is 5.15 Å². The normalized spacial score (nSPS) is 24.8. The van der Waals surface area contributed by atoms with Crippen molar-refractivity contribution in [2.45, 2.75) is 45.3 Å². The maximum atomic E-state index is 6.53. The average molecular weight is 380 g/mol. The highest BCUT2D eigenvalue weighted by atomic mass is 35.5. The Bertz CT molecular complexity index is 713. The first-order valence-electron chi connectivity index (χ1n) is 9.17. The summed E-state index contributed by atoms with van der Waals surface area (Å²) in [6.45, 7) is 7.57. The van der Waals surface area contributed by atoms with Crippen LogP contribution in [0.3, 0.4) is 0 Å². The maximum Gasteiger partial charge on any atom is 0.131 e. The molecule has 136 valence electrons. The first-order chi connectivity index (χ1) is 12.1. The van der Waals surface area contributed by atoms with Gasteiger partial charge in [-0.1, -0.05) is 18.5 Å². The molecule has 25 heavy (non-hydrogen) atoms. The van der Waals surface area contributed by atoms with Crippen LogP contribution in [0, 0.1) is 5.92 Å². The van der Waals surface area contributed by atoms with Crippen molar-refractivity contribution < 1.29 is 0 Å². The van der Waals surface area contributed by atoms with Gasteiger partial charge < -0.3 is 0 Å². The highest BCUT2D eigenvalue weighted by molar-refractivity contribution is 7.07. The van der Waals surface area contributed by atoms with Crippen LogP contribution in [0.1, 0.15) is 36.7 Å². The molecule has 2 aromatic rings. The van der Waals surface area contributed by atoms with Gasteiger partial charge in [0.1, 0.15) is 5.15 Å². The molecule has 0 saturated carbocycles. The van der Waals surface area contributed by atoms with E-state index in [0.29, 0.717) is 6.04 Å². The number of hydrogen-bond acceptors (Lipinski definition) is 5. The number of aromatic nitrogens is 3. The second-order valence-electron chi connectivity index (χ2n) is 7.39. The van der Waals surface area contributed by atoms with E-state index >= 15 is 0 Å². The topological polar surface area (TPSA) is 37.2 Å². The molecule has 0 aliphatic carbocycles. The van der Waals surface area contributed by atoms with Crippen LogP contribution < -0.4 is 0 Å². The predicted molar refractivity (Wildman–Crippen MR) is 102 cm³/mol. The van der Waals surface area contributed by atoms with Gasteiger partial charge in [0.2, 0.25) is 0 Å². The first kappa shape index (κ1) is 17.5. The quantitative estimate of drug-likeness (QED) is 0.799. The molecule has 0 N–H and O–H groups in total. The van der Waals surface area contributed by atoms with Gasteiger partial charge >= 0.3 is 0 Å². The van der Waals surface area contributed by atoms with Gasteiger partial charge in [0.15, 0.2) is 0 Å². The summed E-state index contributed by atoms with van der Waals surface area (Å²) in [6.07, 6.45) is 3.57. The van der Waals surface area contributed by atoms with E-state index in [1.807, 2.05) is 17.2 Å². The Morgan fingerprint density at radius 2 is 2.12 bits per heavy atom. The van der Waals surface area contributed by atoms with Gasteiger partial charge in [0.05, 0.1) is 16.9 Å². The maximum absolute atomic E-state index is 6.53. The van der Waals surface area contributed by atoms with Crippen LogP contribution in [0.4, 0.5) is 0 Å². The Morgan fingerprint density at radius 3 is 2.88 bits per heavy atom. The van der Waals surface area contributed by atoms with Crippen molar-refractivity contribution >= 4 is 22.9 Å². The molecule has 3 fully saturated rings. The molecular weight excluding hydrogens is 354 g/mol. The highest BCUT2D eigenvalue weighted by Gasteiger charge is 2.35. The molecule has 5 rings (SSSR count). The second-order valence-corrected chi connectivity index (χ2v) is 8.47. The lowest BCUT2D eigenvalue weighted by atomic mass is 9.94. The standard InChI is InChI=1S/C18H26ClN5S/c1-3-17-16(18(19)22(2)21-17)10-24-7-13-4-5-15(24)9-23(6-13)8-14-11-25-12-20-14/h11-13,15H,3-10H2,1-2H3/t13-,15+/m0/s1. The zero-order valence-electron chi connectivity index (χ0n) is 15.0. The fourth-order valence-corrected chi connectivity index (χ4v) is 5.14. The van der Waals surface area contributed by atoms with Crippen LogP contribution in [-0.4, -0.2) is 50.2 Å². The molecule has 3 aliphatic rings. The summed E-state index contributed by atoms with van der Waals surface area (Å²) in [5, 5.41) is 7.56. The minimum Gasteiger partial charge on any atom is -0.296 e. The van der Waals surface area contributed by atoms with Crippen molar-refractivity contribution in [2.24, 2.45) is 13.0 Å². The summed E-state index contributed by atoms with van der Waals surface area (Å²) in [5.41, 5.74) is 5.52. The summed E-state index contributed by atoms with van der Waals surface area (Å²) in [6, 6.07) is 0.610. The molecular formula is C18H26ClN5S. The van der Waals surface area contributed by atoms with Crippen LogP contribution in [0.15, 0.2) is 10.9 Å². The lowest BCUT2D eigenvalue weighted by molar-refractivity contribution is 0.123. The van der Waals surface area contributed by atoms with Gasteiger partial charge in [0, 0.05) is 56.8 Å². The Labute approximate surface area is 158 Å². The lowest BCUT2D eigenvalue weighted by Gasteiger charge is -2.36. The lowest BCUT2D eigenvalue weighted by Crippen LogP contribution is -2.43. The number of halogens is 1. The van der Waals surface area contributed by atoms with Crippen molar-refractivity contribution in [2.75, 3.05) is 19.6 Å². The smallest absolute Gasteiger partial charge is 0.131 e. The Kier molecular flexibility index (Phi) is 5.13. The van der Waals surface area contributed by atoms with Gasteiger partial charge in [0.25, 0.3) is 0 Å². The average Bonchev–Trinajstić information content (AvgIpc) is 3.09. The molecule has 7 heteroatoms. The van der Waals surface area contributed by atoms with E-state index in [-0.39, 0.29) is 0 Å². The van der Waals surface area contributed by atoms with Crippen molar-refractivity contribution in [1.29, 1.82) is 0 Å². The third-order valence-corrected chi connectivity index (χ3v) is 6.73. The molecule has 2 bridgehead atoms. The van der Waals surface area contributed by atoms with Gasteiger partial charge in [-0.05, 0) is 25.2 Å². The third kappa shape index (κ3) is 3.63. The van der Waals surface area contributed by atoms with E-state index in [0.717, 1.165) is 42.8 Å². The number of fused-ring (bicyclic) bond motifs is 4. The molecule has 3 aliphatic heterocycles. The molecule has 5 nitrogen and oxygen atoms in total. The zero-order valence-corrected chi connectivity index (χ0v) is 16.6. The zero-order chi connectivity index (χ0) is 17.4.